The molecule has 0 aromatic rings. The van der Waals surface area contributed by atoms with Gasteiger partial charge in [0, 0.05) is 0 Å². The Labute approximate surface area is 211 Å². The molecule has 0 spiro atoms. The molecule has 0 bridgehead atoms. The van der Waals surface area contributed by atoms with Crippen molar-refractivity contribution in [3.8, 4) is 0 Å². The maximum atomic E-state index is 13.4. The molecular formula is C10H6Cl9F3N2O6. The summed E-state index contributed by atoms with van der Waals surface area (Å²) >= 11 is 47.7. The Bertz CT molecular complexity index is 605. The number of rotatable bonds is 3. The fraction of sp³-hybridized carbons (Fsp3) is 0.700. The van der Waals surface area contributed by atoms with Crippen LogP contribution in [0.1, 0.15) is 0 Å². The third kappa shape index (κ3) is 13.1. The molecule has 0 fully saturated rings. The van der Waals surface area contributed by atoms with E-state index in [1.807, 2.05) is 0 Å². The first-order valence-corrected chi connectivity index (χ1v) is 9.92. The third-order valence-corrected chi connectivity index (χ3v) is 3.02. The number of alkyl halides is 12. The molecular weight excluding hydrogens is 620 g/mol. The number of carbonyl (C=O) groups excluding carboxylic acids is 3. The second kappa shape index (κ2) is 11.5. The summed E-state index contributed by atoms with van der Waals surface area (Å²) in [5, 5.41) is -2.49. The minimum Gasteiger partial charge on any atom is -0.443 e. The quantitative estimate of drug-likeness (QED) is 0.153. The summed E-state index contributed by atoms with van der Waals surface area (Å²) in [6.45, 7) is -3.53. The van der Waals surface area contributed by atoms with Crippen LogP contribution in [0, 0.1) is 0 Å². The van der Waals surface area contributed by atoms with Gasteiger partial charge in [-0.1, -0.05) is 104 Å². The number of carbonyl (C=O) groups is 3. The number of hydrogen-bond acceptors (Lipinski definition) is 6. The van der Waals surface area contributed by atoms with Crippen molar-refractivity contribution in [2.24, 2.45) is 0 Å². The van der Waals surface area contributed by atoms with E-state index in [2.05, 4.69) is 14.2 Å². The van der Waals surface area contributed by atoms with E-state index >= 15 is 0 Å². The Morgan fingerprint density at radius 3 is 1.10 bits per heavy atom. The van der Waals surface area contributed by atoms with Gasteiger partial charge in [-0.05, 0) is 0 Å². The number of ether oxygens (including phenoxy) is 3. The number of imide groups is 1. The molecule has 8 nitrogen and oxygen atoms in total. The zero-order valence-electron chi connectivity index (χ0n) is 13.5. The number of amides is 3. The minimum absolute atomic E-state index is 1.01. The molecule has 176 valence electrons. The van der Waals surface area contributed by atoms with Crippen molar-refractivity contribution in [2.75, 3.05) is 19.8 Å². The van der Waals surface area contributed by atoms with E-state index in [1.54, 1.807) is 0 Å². The molecule has 0 aromatic carbocycles. The average Bonchev–Trinajstić information content (AvgIpc) is 2.49. The zero-order valence-corrected chi connectivity index (χ0v) is 20.3. The molecule has 0 unspecified atom stereocenters. The molecule has 0 rings (SSSR count). The van der Waals surface area contributed by atoms with Gasteiger partial charge in [0.1, 0.15) is 19.8 Å². The van der Waals surface area contributed by atoms with Crippen LogP contribution in [0.5, 0.6) is 0 Å². The van der Waals surface area contributed by atoms with Crippen LogP contribution in [-0.2, 0) is 14.2 Å². The average molecular weight is 626 g/mol. The molecule has 0 saturated heterocycles. The van der Waals surface area contributed by atoms with E-state index < -0.39 is 65.8 Å². The topological polar surface area (TPSA) is 85.4 Å². The summed E-state index contributed by atoms with van der Waals surface area (Å²) in [7, 11) is 0. The summed E-state index contributed by atoms with van der Waals surface area (Å²) in [6.07, 6.45) is -12.6. The molecule has 0 N–H and O–H groups in total. The van der Waals surface area contributed by atoms with Crippen LogP contribution in [-0.4, -0.2) is 65.8 Å². The van der Waals surface area contributed by atoms with E-state index in [-0.39, 0.29) is 0 Å². The molecule has 3 amide bonds. The van der Waals surface area contributed by atoms with Gasteiger partial charge in [0.2, 0.25) is 11.4 Å². The highest BCUT2D eigenvalue weighted by atomic mass is 35.6. The maximum absolute atomic E-state index is 13.4. The molecule has 0 aliphatic carbocycles. The van der Waals surface area contributed by atoms with Crippen molar-refractivity contribution in [2.45, 2.75) is 17.7 Å². The molecule has 0 aliphatic heterocycles. The van der Waals surface area contributed by atoms with Crippen molar-refractivity contribution in [1.82, 2.24) is 10.0 Å². The number of halogens is 12. The largest absolute Gasteiger partial charge is 0.509 e. The molecule has 0 atom stereocenters. The van der Waals surface area contributed by atoms with Crippen LogP contribution < -0.4 is 0 Å². The summed E-state index contributed by atoms with van der Waals surface area (Å²) in [5.74, 6) is 0. The number of nitrogens with zero attached hydrogens (tertiary/aromatic N) is 2. The highest BCUT2D eigenvalue weighted by Crippen LogP contribution is 2.31. The monoisotopic (exact) mass is 622 g/mol. The van der Waals surface area contributed by atoms with Gasteiger partial charge in [0.25, 0.3) is 0 Å². The van der Waals surface area contributed by atoms with Crippen molar-refractivity contribution in [1.29, 1.82) is 0 Å². The first-order chi connectivity index (χ1) is 13.1. The first-order valence-electron chi connectivity index (χ1n) is 6.51. The Kier molecular flexibility index (Phi) is 11.7. The minimum atomic E-state index is -5.79. The third-order valence-electron chi connectivity index (χ3n) is 2.04. The predicted molar refractivity (Wildman–Crippen MR) is 105 cm³/mol. The van der Waals surface area contributed by atoms with Crippen LogP contribution >= 0.6 is 104 Å². The van der Waals surface area contributed by atoms with Crippen LogP contribution in [0.25, 0.3) is 0 Å². The molecule has 0 saturated carbocycles. The van der Waals surface area contributed by atoms with Gasteiger partial charge >= 0.3 is 24.6 Å². The lowest BCUT2D eigenvalue weighted by Gasteiger charge is -2.32. The van der Waals surface area contributed by atoms with Gasteiger partial charge in [-0.3, -0.25) is 0 Å². The SMILES string of the molecule is O=C(OCC(Cl)(Cl)Cl)N(C(=O)OCC(Cl)(Cl)Cl)N(C(=O)OCC(Cl)(Cl)Cl)C(F)(F)F. The standard InChI is InChI=1S/C10H6Cl9F3N2O6/c11-7(12,13)1-28-4(25)23(5(26)29-2-8(14,15)16)24(10(20,21)22)6(27)30-3-9(17,18)19/h1-3H2. The Hall–Kier alpha value is 0.410. The van der Waals surface area contributed by atoms with Gasteiger partial charge in [-0.2, -0.15) is 0 Å². The van der Waals surface area contributed by atoms with E-state index in [9.17, 15) is 27.6 Å². The maximum Gasteiger partial charge on any atom is 0.509 e. The second-order valence-corrected chi connectivity index (χ2v) is 12.1. The summed E-state index contributed by atoms with van der Waals surface area (Å²) in [4.78, 5) is 36.0. The first kappa shape index (κ1) is 30.4. The van der Waals surface area contributed by atoms with Crippen LogP contribution in [0.4, 0.5) is 27.6 Å². The summed E-state index contributed by atoms with van der Waals surface area (Å²) in [6, 6.07) is 0. The van der Waals surface area contributed by atoms with Gasteiger partial charge in [0.05, 0.1) is 0 Å². The Morgan fingerprint density at radius 2 is 0.867 bits per heavy atom. The van der Waals surface area contributed by atoms with Crippen molar-refractivity contribution < 1.29 is 41.8 Å². The Balaban J connectivity index is 5.92. The van der Waals surface area contributed by atoms with Gasteiger partial charge < -0.3 is 14.2 Å². The molecule has 0 aliphatic rings. The normalized spacial score (nSPS) is 12.8. The summed E-state index contributed by atoms with van der Waals surface area (Å²) < 4.78 is 46.0. The Morgan fingerprint density at radius 1 is 0.600 bits per heavy atom. The molecule has 0 radical (unpaired) electrons. The van der Waals surface area contributed by atoms with Crippen LogP contribution in [0.15, 0.2) is 0 Å². The summed E-state index contributed by atoms with van der Waals surface area (Å²) in [5.41, 5.74) is 0. The zero-order chi connectivity index (χ0) is 24.1. The van der Waals surface area contributed by atoms with Crippen molar-refractivity contribution >= 4 is 123 Å². The van der Waals surface area contributed by atoms with Crippen molar-refractivity contribution in [3.05, 3.63) is 0 Å². The van der Waals surface area contributed by atoms with E-state index in [1.165, 1.54) is 0 Å². The highest BCUT2D eigenvalue weighted by molar-refractivity contribution is 6.68. The van der Waals surface area contributed by atoms with Crippen LogP contribution in [0.2, 0.25) is 0 Å². The molecule has 30 heavy (non-hydrogen) atoms. The predicted octanol–water partition coefficient (Wildman–Crippen LogP) is 6.55. The van der Waals surface area contributed by atoms with E-state index in [0.717, 1.165) is 0 Å². The lowest BCUT2D eigenvalue weighted by molar-refractivity contribution is -0.276. The second-order valence-electron chi connectivity index (χ2n) is 4.60. The van der Waals surface area contributed by atoms with Gasteiger partial charge in [0.15, 0.2) is 0 Å². The number of hydrogen-bond donors (Lipinski definition) is 0. The smallest absolute Gasteiger partial charge is 0.443 e. The fourth-order valence-electron chi connectivity index (χ4n) is 1.15. The number of hydrazine groups is 1. The van der Waals surface area contributed by atoms with Crippen LogP contribution in [0.3, 0.4) is 0 Å². The van der Waals surface area contributed by atoms with E-state index in [4.69, 9.17) is 104 Å². The molecule has 0 aromatic heterocycles. The molecule has 0 heterocycles. The van der Waals surface area contributed by atoms with Crippen molar-refractivity contribution in [3.63, 3.8) is 0 Å². The molecule has 20 heteroatoms. The fourth-order valence-corrected chi connectivity index (χ4v) is 1.64. The lowest BCUT2D eigenvalue weighted by atomic mass is 10.7. The van der Waals surface area contributed by atoms with E-state index in [0.29, 0.717) is 0 Å². The lowest BCUT2D eigenvalue weighted by Crippen LogP contribution is -2.59. The van der Waals surface area contributed by atoms with Gasteiger partial charge in [-0.15, -0.1) is 23.2 Å². The highest BCUT2D eigenvalue weighted by Gasteiger charge is 2.53. The van der Waals surface area contributed by atoms with Gasteiger partial charge in [-0.25, -0.2) is 14.4 Å².